The molecular formula is C20H35N5. The lowest BCUT2D eigenvalue weighted by molar-refractivity contribution is 0.0683. The van der Waals surface area contributed by atoms with Crippen LogP contribution in [0, 0.1) is 5.92 Å². The van der Waals surface area contributed by atoms with Crippen LogP contribution in [0.2, 0.25) is 0 Å². The molecule has 4 heterocycles. The molecule has 3 atom stereocenters. The zero-order valence-corrected chi connectivity index (χ0v) is 16.3. The highest BCUT2D eigenvalue weighted by Gasteiger charge is 2.45. The second-order valence-electron chi connectivity index (χ2n) is 8.81. The van der Waals surface area contributed by atoms with E-state index in [1.54, 1.807) is 0 Å². The summed E-state index contributed by atoms with van der Waals surface area (Å²) in [6.07, 6.45) is 9.72. The summed E-state index contributed by atoms with van der Waals surface area (Å²) < 4.78 is 1.92. The summed E-state index contributed by atoms with van der Waals surface area (Å²) >= 11 is 0. The van der Waals surface area contributed by atoms with Gasteiger partial charge in [-0.3, -0.25) is 14.5 Å². The molecule has 1 aromatic rings. The molecule has 0 bridgehead atoms. The van der Waals surface area contributed by atoms with Crippen LogP contribution in [0.4, 0.5) is 0 Å². The van der Waals surface area contributed by atoms with Gasteiger partial charge in [0.05, 0.1) is 6.20 Å². The molecule has 0 amide bonds. The molecule has 0 aromatic carbocycles. The minimum absolute atomic E-state index is 0.674. The molecule has 0 spiro atoms. The third-order valence-electron chi connectivity index (χ3n) is 6.59. The number of likely N-dealkylation sites (tertiary alicyclic amines) is 3. The molecule has 3 saturated heterocycles. The van der Waals surface area contributed by atoms with E-state index in [1.807, 2.05) is 17.9 Å². The average Bonchev–Trinajstić information content (AvgIpc) is 3.27. The maximum absolute atomic E-state index is 4.33. The first-order valence-corrected chi connectivity index (χ1v) is 10.3. The third kappa shape index (κ3) is 3.79. The molecule has 1 aromatic heterocycles. The van der Waals surface area contributed by atoms with Gasteiger partial charge < -0.3 is 4.90 Å². The van der Waals surface area contributed by atoms with E-state index in [1.165, 1.54) is 64.0 Å². The van der Waals surface area contributed by atoms with E-state index in [-0.39, 0.29) is 0 Å². The maximum Gasteiger partial charge on any atom is 0.0534 e. The summed E-state index contributed by atoms with van der Waals surface area (Å²) in [6, 6.07) is 2.25. The zero-order chi connectivity index (χ0) is 17.4. The number of rotatable bonds is 5. The topological polar surface area (TPSA) is 27.5 Å². The van der Waals surface area contributed by atoms with Crippen LogP contribution >= 0.6 is 0 Å². The Morgan fingerprint density at radius 3 is 2.64 bits per heavy atom. The van der Waals surface area contributed by atoms with Gasteiger partial charge >= 0.3 is 0 Å². The van der Waals surface area contributed by atoms with E-state index >= 15 is 0 Å². The van der Waals surface area contributed by atoms with Gasteiger partial charge in [0.25, 0.3) is 0 Å². The van der Waals surface area contributed by atoms with Crippen molar-refractivity contribution in [3.8, 4) is 0 Å². The maximum atomic E-state index is 4.33. The Hall–Kier alpha value is -0.910. The minimum atomic E-state index is 0.674. The predicted octanol–water partition coefficient (Wildman–Crippen LogP) is 2.19. The first-order chi connectivity index (χ1) is 12.1. The lowest BCUT2D eigenvalue weighted by Gasteiger charge is -2.41. The average molecular weight is 346 g/mol. The van der Waals surface area contributed by atoms with Gasteiger partial charge in [-0.15, -0.1) is 0 Å². The Bertz CT molecular complexity index is 562. The molecule has 3 fully saturated rings. The van der Waals surface area contributed by atoms with Gasteiger partial charge in [-0.1, -0.05) is 0 Å². The molecule has 0 unspecified atom stereocenters. The van der Waals surface area contributed by atoms with E-state index < -0.39 is 0 Å². The van der Waals surface area contributed by atoms with Crippen molar-refractivity contribution in [3.05, 3.63) is 18.0 Å². The van der Waals surface area contributed by atoms with Crippen molar-refractivity contribution in [2.75, 3.05) is 32.7 Å². The van der Waals surface area contributed by atoms with Crippen molar-refractivity contribution in [1.29, 1.82) is 0 Å². The van der Waals surface area contributed by atoms with Crippen LogP contribution in [0.5, 0.6) is 0 Å². The first kappa shape index (κ1) is 17.5. The van der Waals surface area contributed by atoms with Gasteiger partial charge in [-0.05, 0) is 65.1 Å². The van der Waals surface area contributed by atoms with Crippen molar-refractivity contribution in [2.24, 2.45) is 13.0 Å². The van der Waals surface area contributed by atoms with Crippen LogP contribution < -0.4 is 0 Å². The standard InChI is InChI=1S/C20H35N5/c1-16(2)25-19(15-23-7-4-5-8-23)10-18-14-24(9-6-20(18)25)13-17-11-21-22(3)12-17/h11-12,16,18-20H,4-10,13-15H2,1-3H3/t18-,19+,20+/m0/s1. The van der Waals surface area contributed by atoms with Gasteiger partial charge in [0, 0.05) is 56.6 Å². The van der Waals surface area contributed by atoms with Crippen LogP contribution in [0.3, 0.4) is 0 Å². The summed E-state index contributed by atoms with van der Waals surface area (Å²) in [5.74, 6) is 0.848. The Balaban J connectivity index is 1.39. The monoisotopic (exact) mass is 345 g/mol. The second kappa shape index (κ2) is 7.37. The molecule has 0 radical (unpaired) electrons. The summed E-state index contributed by atoms with van der Waals surface area (Å²) in [5, 5.41) is 4.33. The van der Waals surface area contributed by atoms with Crippen molar-refractivity contribution < 1.29 is 0 Å². The van der Waals surface area contributed by atoms with Crippen molar-refractivity contribution >= 4 is 0 Å². The van der Waals surface area contributed by atoms with Gasteiger partial charge in [-0.2, -0.15) is 5.10 Å². The van der Waals surface area contributed by atoms with Crippen LogP contribution in [0.15, 0.2) is 12.4 Å². The van der Waals surface area contributed by atoms with Crippen molar-refractivity contribution in [1.82, 2.24) is 24.5 Å². The molecule has 5 nitrogen and oxygen atoms in total. The van der Waals surface area contributed by atoms with Gasteiger partial charge in [0.15, 0.2) is 0 Å². The second-order valence-corrected chi connectivity index (χ2v) is 8.81. The Morgan fingerprint density at radius 1 is 1.16 bits per heavy atom. The quantitative estimate of drug-likeness (QED) is 0.818. The highest BCUT2D eigenvalue weighted by atomic mass is 15.3. The smallest absolute Gasteiger partial charge is 0.0534 e. The van der Waals surface area contributed by atoms with Crippen molar-refractivity contribution in [3.63, 3.8) is 0 Å². The van der Waals surface area contributed by atoms with Crippen LogP contribution in [-0.2, 0) is 13.6 Å². The lowest BCUT2D eigenvalue weighted by Crippen LogP contribution is -2.50. The van der Waals surface area contributed by atoms with Crippen LogP contribution in [0.25, 0.3) is 0 Å². The molecule has 5 heteroatoms. The molecule has 3 aliphatic rings. The Kier molecular flexibility index (Phi) is 5.16. The number of nitrogens with zero attached hydrogens (tertiary/aromatic N) is 5. The van der Waals surface area contributed by atoms with Crippen molar-refractivity contribution in [2.45, 2.75) is 64.2 Å². The Morgan fingerprint density at radius 2 is 1.96 bits per heavy atom. The fraction of sp³-hybridized carbons (Fsp3) is 0.850. The molecule has 140 valence electrons. The molecule has 0 aliphatic carbocycles. The molecule has 0 N–H and O–H groups in total. The molecule has 3 aliphatic heterocycles. The number of hydrogen-bond acceptors (Lipinski definition) is 4. The normalized spacial score (nSPS) is 31.9. The van der Waals surface area contributed by atoms with E-state index in [4.69, 9.17) is 0 Å². The molecule has 4 rings (SSSR count). The SMILES string of the molecule is CC(C)N1[C@@H](CN2CCCC2)C[C@H]2CN(Cc3cnn(C)c3)CC[C@H]21. The van der Waals surface area contributed by atoms with E-state index in [2.05, 4.69) is 39.8 Å². The highest BCUT2D eigenvalue weighted by Crippen LogP contribution is 2.38. The number of hydrogen-bond donors (Lipinski definition) is 0. The number of piperidine rings is 1. The molecular weight excluding hydrogens is 310 g/mol. The number of fused-ring (bicyclic) bond motifs is 1. The Labute approximate surface area is 153 Å². The zero-order valence-electron chi connectivity index (χ0n) is 16.3. The first-order valence-electron chi connectivity index (χ1n) is 10.3. The predicted molar refractivity (Wildman–Crippen MR) is 101 cm³/mol. The minimum Gasteiger partial charge on any atom is -0.302 e. The number of aryl methyl sites for hydroxylation is 1. The van der Waals surface area contributed by atoms with E-state index in [0.29, 0.717) is 6.04 Å². The van der Waals surface area contributed by atoms with Crippen LogP contribution in [0.1, 0.15) is 45.1 Å². The van der Waals surface area contributed by atoms with Gasteiger partial charge in [0.2, 0.25) is 0 Å². The van der Waals surface area contributed by atoms with Gasteiger partial charge in [-0.25, -0.2) is 0 Å². The molecule has 0 saturated carbocycles. The fourth-order valence-electron chi connectivity index (χ4n) is 5.65. The summed E-state index contributed by atoms with van der Waals surface area (Å²) in [4.78, 5) is 8.25. The highest BCUT2D eigenvalue weighted by molar-refractivity contribution is 5.05. The van der Waals surface area contributed by atoms with E-state index in [0.717, 1.165) is 24.5 Å². The van der Waals surface area contributed by atoms with Gasteiger partial charge in [0.1, 0.15) is 0 Å². The fourth-order valence-corrected chi connectivity index (χ4v) is 5.65. The summed E-state index contributed by atoms with van der Waals surface area (Å²) in [5.41, 5.74) is 1.35. The summed E-state index contributed by atoms with van der Waals surface area (Å²) in [6.45, 7) is 12.3. The lowest BCUT2D eigenvalue weighted by atomic mass is 9.91. The van der Waals surface area contributed by atoms with Crippen LogP contribution in [-0.4, -0.2) is 75.3 Å². The van der Waals surface area contributed by atoms with E-state index in [9.17, 15) is 0 Å². The number of aromatic nitrogens is 2. The largest absolute Gasteiger partial charge is 0.302 e. The summed E-state index contributed by atoms with van der Waals surface area (Å²) in [7, 11) is 2.01. The third-order valence-corrected chi connectivity index (χ3v) is 6.59. The molecule has 25 heavy (non-hydrogen) atoms.